The fourth-order valence-corrected chi connectivity index (χ4v) is 0.200. The van der Waals surface area contributed by atoms with E-state index in [1.807, 2.05) is 0 Å². The van der Waals surface area contributed by atoms with Crippen molar-refractivity contribution < 1.29 is 9.18 Å². The van der Waals surface area contributed by atoms with Gasteiger partial charge in [0, 0.05) is 0 Å². The fourth-order valence-electron chi connectivity index (χ4n) is 0.200. The average molecular weight is 118 g/mol. The van der Waals surface area contributed by atoms with Crippen molar-refractivity contribution in [3.05, 3.63) is 11.9 Å². The highest BCUT2D eigenvalue weighted by atomic mass is 19.1. The van der Waals surface area contributed by atoms with Crippen LogP contribution in [0.5, 0.6) is 0 Å². The number of nitrogens with one attached hydrogen (secondary N) is 1. The summed E-state index contributed by atoms with van der Waals surface area (Å²) in [6.45, 7) is 1.41. The molecule has 0 saturated heterocycles. The third kappa shape index (κ3) is 1.70. The Bertz CT molecular complexity index is 121. The van der Waals surface area contributed by atoms with Crippen LogP contribution in [0.15, 0.2) is 11.9 Å². The van der Waals surface area contributed by atoms with Crippen LogP contribution in [0.25, 0.3) is 0 Å². The number of carbonyl (C=O) groups is 1. The lowest BCUT2D eigenvalue weighted by Gasteiger charge is -1.90. The van der Waals surface area contributed by atoms with E-state index in [2.05, 4.69) is 5.84 Å². The summed E-state index contributed by atoms with van der Waals surface area (Å²) < 4.78 is 11.9. The lowest BCUT2D eigenvalue weighted by atomic mass is 10.5. The van der Waals surface area contributed by atoms with Gasteiger partial charge in [-0.2, -0.15) is 0 Å². The van der Waals surface area contributed by atoms with Gasteiger partial charge in [0.15, 0.2) is 5.83 Å². The first-order valence-electron chi connectivity index (χ1n) is 2.05. The minimum atomic E-state index is -0.896. The molecule has 3 nitrogen and oxygen atoms in total. The van der Waals surface area contributed by atoms with Gasteiger partial charge in [-0.05, 0) is 13.0 Å². The van der Waals surface area contributed by atoms with E-state index in [9.17, 15) is 9.18 Å². The zero-order valence-corrected chi connectivity index (χ0v) is 4.44. The van der Waals surface area contributed by atoms with Gasteiger partial charge in [-0.15, -0.1) is 0 Å². The molecular formula is C4H7FN2O. The van der Waals surface area contributed by atoms with Crippen LogP contribution in [0, 0.1) is 0 Å². The number of hydrogen-bond acceptors (Lipinski definition) is 2. The maximum absolute atomic E-state index is 11.9. The zero-order valence-electron chi connectivity index (χ0n) is 4.44. The van der Waals surface area contributed by atoms with Crippen molar-refractivity contribution in [3.63, 3.8) is 0 Å². The van der Waals surface area contributed by atoms with E-state index >= 15 is 0 Å². The predicted octanol–water partition coefficient (Wildman–Crippen LogP) is -0.150. The molecule has 4 heteroatoms. The molecule has 1 amide bonds. The lowest BCUT2D eigenvalue weighted by Crippen LogP contribution is -2.30. The molecule has 46 valence electrons. The number of rotatable bonds is 1. The topological polar surface area (TPSA) is 55.1 Å². The van der Waals surface area contributed by atoms with E-state index < -0.39 is 11.7 Å². The average Bonchev–Trinajstić information content (AvgIpc) is 1.84. The largest absolute Gasteiger partial charge is 0.293 e. The van der Waals surface area contributed by atoms with E-state index in [1.165, 1.54) is 6.92 Å². The molecule has 0 aromatic carbocycles. The summed E-state index contributed by atoms with van der Waals surface area (Å²) in [6.07, 6.45) is 1.03. The molecule has 0 spiro atoms. The molecule has 0 fully saturated rings. The third-order valence-corrected chi connectivity index (χ3v) is 0.601. The Morgan fingerprint density at radius 2 is 2.38 bits per heavy atom. The van der Waals surface area contributed by atoms with E-state index in [1.54, 1.807) is 5.43 Å². The van der Waals surface area contributed by atoms with Crippen molar-refractivity contribution in [2.45, 2.75) is 6.92 Å². The summed E-state index contributed by atoms with van der Waals surface area (Å²) in [5.41, 5.74) is 1.63. The number of nitrogens with two attached hydrogens (primary N) is 1. The standard InChI is InChI=1S/C4H7FN2O/c1-2-3(5)4(8)7-6/h2H,6H2,1H3,(H,7,8). The number of carbonyl (C=O) groups excluding carboxylic acids is 1. The summed E-state index contributed by atoms with van der Waals surface area (Å²) in [6, 6.07) is 0. The minimum Gasteiger partial charge on any atom is -0.288 e. The van der Waals surface area contributed by atoms with E-state index in [0.717, 1.165) is 6.08 Å². The zero-order chi connectivity index (χ0) is 6.57. The van der Waals surface area contributed by atoms with Gasteiger partial charge in [-0.25, -0.2) is 10.2 Å². The molecule has 0 atom stereocenters. The second kappa shape index (κ2) is 3.15. The van der Waals surface area contributed by atoms with E-state index in [4.69, 9.17) is 0 Å². The van der Waals surface area contributed by atoms with Crippen LogP contribution in [0.4, 0.5) is 4.39 Å². The Morgan fingerprint density at radius 1 is 1.88 bits per heavy atom. The Labute approximate surface area is 46.3 Å². The van der Waals surface area contributed by atoms with Crippen molar-refractivity contribution >= 4 is 5.91 Å². The van der Waals surface area contributed by atoms with Crippen molar-refractivity contribution in [1.29, 1.82) is 0 Å². The van der Waals surface area contributed by atoms with Gasteiger partial charge in [0.25, 0.3) is 5.91 Å². The Balaban J connectivity index is 3.83. The summed E-state index contributed by atoms with van der Waals surface area (Å²) in [5.74, 6) is 2.80. The Morgan fingerprint density at radius 3 is 2.50 bits per heavy atom. The quantitative estimate of drug-likeness (QED) is 0.218. The number of hydrazine groups is 1. The van der Waals surface area contributed by atoms with Gasteiger partial charge < -0.3 is 0 Å². The highest BCUT2D eigenvalue weighted by Gasteiger charge is 2.01. The van der Waals surface area contributed by atoms with E-state index in [-0.39, 0.29) is 0 Å². The molecular weight excluding hydrogens is 111 g/mol. The van der Waals surface area contributed by atoms with Crippen LogP contribution in [-0.2, 0) is 4.79 Å². The maximum Gasteiger partial charge on any atom is 0.293 e. The molecule has 8 heavy (non-hydrogen) atoms. The summed E-state index contributed by atoms with van der Waals surface area (Å²) in [4.78, 5) is 10.1. The summed E-state index contributed by atoms with van der Waals surface area (Å²) >= 11 is 0. The molecule has 0 aliphatic heterocycles. The van der Waals surface area contributed by atoms with Crippen molar-refractivity contribution in [2.24, 2.45) is 5.84 Å². The molecule has 0 saturated carbocycles. The first-order valence-corrected chi connectivity index (χ1v) is 2.05. The molecule has 0 radical (unpaired) electrons. The molecule has 3 N–H and O–H groups in total. The fraction of sp³-hybridized carbons (Fsp3) is 0.250. The molecule has 0 bridgehead atoms. The molecule has 0 unspecified atom stereocenters. The number of allylic oxidation sites excluding steroid dienone is 1. The van der Waals surface area contributed by atoms with Crippen LogP contribution < -0.4 is 11.3 Å². The third-order valence-electron chi connectivity index (χ3n) is 0.601. The van der Waals surface area contributed by atoms with Crippen LogP contribution in [0.1, 0.15) is 6.92 Å². The second-order valence-corrected chi connectivity index (χ2v) is 1.11. The smallest absolute Gasteiger partial charge is 0.288 e. The van der Waals surface area contributed by atoms with Gasteiger partial charge in [0.1, 0.15) is 0 Å². The predicted molar refractivity (Wildman–Crippen MR) is 27.2 cm³/mol. The van der Waals surface area contributed by atoms with Crippen LogP contribution in [0.3, 0.4) is 0 Å². The monoisotopic (exact) mass is 118 g/mol. The highest BCUT2D eigenvalue weighted by Crippen LogP contribution is 1.91. The van der Waals surface area contributed by atoms with Gasteiger partial charge in [0.05, 0.1) is 0 Å². The molecule has 0 aliphatic carbocycles. The van der Waals surface area contributed by atoms with Crippen molar-refractivity contribution in [2.75, 3.05) is 0 Å². The number of halogens is 1. The Kier molecular flexibility index (Phi) is 2.79. The second-order valence-electron chi connectivity index (χ2n) is 1.11. The number of amides is 1. The summed E-state index contributed by atoms with van der Waals surface area (Å²) in [5, 5.41) is 0. The SMILES string of the molecule is CC=C(F)C(=O)NN. The van der Waals surface area contributed by atoms with E-state index in [0.29, 0.717) is 0 Å². The van der Waals surface area contributed by atoms with Crippen LogP contribution in [0.2, 0.25) is 0 Å². The van der Waals surface area contributed by atoms with Crippen molar-refractivity contribution in [1.82, 2.24) is 5.43 Å². The van der Waals surface area contributed by atoms with Gasteiger partial charge in [-0.1, -0.05) is 0 Å². The van der Waals surface area contributed by atoms with Gasteiger partial charge in [-0.3, -0.25) is 10.2 Å². The first kappa shape index (κ1) is 7.10. The summed E-state index contributed by atoms with van der Waals surface area (Å²) in [7, 11) is 0. The van der Waals surface area contributed by atoms with Crippen LogP contribution >= 0.6 is 0 Å². The number of hydrogen-bond donors (Lipinski definition) is 2. The molecule has 0 aliphatic rings. The molecule has 0 rings (SSSR count). The van der Waals surface area contributed by atoms with Crippen LogP contribution in [-0.4, -0.2) is 5.91 Å². The van der Waals surface area contributed by atoms with Crippen molar-refractivity contribution in [3.8, 4) is 0 Å². The molecule has 0 aromatic rings. The minimum absolute atomic E-state index is 0.868. The lowest BCUT2D eigenvalue weighted by molar-refractivity contribution is -0.118. The Hall–Kier alpha value is -0.900. The first-order chi connectivity index (χ1) is 3.72. The van der Waals surface area contributed by atoms with Gasteiger partial charge in [0.2, 0.25) is 0 Å². The molecule has 0 heterocycles. The highest BCUT2D eigenvalue weighted by molar-refractivity contribution is 5.90. The normalized spacial score (nSPS) is 11.1. The van der Waals surface area contributed by atoms with Gasteiger partial charge >= 0.3 is 0 Å². The maximum atomic E-state index is 11.9. The molecule has 0 aromatic heterocycles.